The second-order valence-corrected chi connectivity index (χ2v) is 5.79. The Morgan fingerprint density at radius 1 is 1.05 bits per heavy atom. The van der Waals surface area contributed by atoms with E-state index in [1.54, 1.807) is 23.6 Å². The van der Waals surface area contributed by atoms with Gasteiger partial charge in [-0.05, 0) is 47.2 Å². The number of hydrogen-bond donors (Lipinski definition) is 0. The predicted molar refractivity (Wildman–Crippen MR) is 86.4 cm³/mol. The molecule has 6 heteroatoms. The zero-order valence-electron chi connectivity index (χ0n) is 12.4. The highest BCUT2D eigenvalue weighted by molar-refractivity contribution is 7.98. The summed E-state index contributed by atoms with van der Waals surface area (Å²) in [6.07, 6.45) is 0. The molecule has 1 aromatic heterocycles. The molecule has 0 saturated heterocycles. The van der Waals surface area contributed by atoms with E-state index in [9.17, 15) is 0 Å². The summed E-state index contributed by atoms with van der Waals surface area (Å²) in [4.78, 5) is 0. The SMILES string of the molecule is COc1ccc(CSc2nnnn2-c2ccc(C)cc2)cc1. The number of benzene rings is 2. The van der Waals surface area contributed by atoms with Gasteiger partial charge in [0.2, 0.25) is 5.16 Å². The van der Waals surface area contributed by atoms with Crippen LogP contribution in [0.5, 0.6) is 5.75 Å². The van der Waals surface area contributed by atoms with Gasteiger partial charge in [0.25, 0.3) is 0 Å². The zero-order valence-corrected chi connectivity index (χ0v) is 13.2. The van der Waals surface area contributed by atoms with Crippen LogP contribution >= 0.6 is 11.8 Å². The van der Waals surface area contributed by atoms with Crippen molar-refractivity contribution in [3.05, 3.63) is 59.7 Å². The molecule has 3 aromatic rings. The van der Waals surface area contributed by atoms with Crippen molar-refractivity contribution in [2.75, 3.05) is 7.11 Å². The smallest absolute Gasteiger partial charge is 0.214 e. The van der Waals surface area contributed by atoms with Crippen molar-refractivity contribution >= 4 is 11.8 Å². The highest BCUT2D eigenvalue weighted by atomic mass is 32.2. The molecule has 22 heavy (non-hydrogen) atoms. The van der Waals surface area contributed by atoms with Gasteiger partial charge >= 0.3 is 0 Å². The van der Waals surface area contributed by atoms with Gasteiger partial charge in [0, 0.05) is 5.75 Å². The van der Waals surface area contributed by atoms with Gasteiger partial charge in [0.1, 0.15) is 5.75 Å². The van der Waals surface area contributed by atoms with E-state index in [2.05, 4.69) is 34.6 Å². The molecule has 0 amide bonds. The molecule has 0 N–H and O–H groups in total. The Morgan fingerprint density at radius 2 is 1.77 bits per heavy atom. The van der Waals surface area contributed by atoms with Crippen LogP contribution in [0.15, 0.2) is 53.7 Å². The first-order valence-electron chi connectivity index (χ1n) is 6.87. The number of ether oxygens (including phenoxy) is 1. The summed E-state index contributed by atoms with van der Waals surface area (Å²) in [5.74, 6) is 1.66. The van der Waals surface area contributed by atoms with Crippen molar-refractivity contribution < 1.29 is 4.74 Å². The normalized spacial score (nSPS) is 10.6. The van der Waals surface area contributed by atoms with E-state index in [1.807, 2.05) is 36.4 Å². The van der Waals surface area contributed by atoms with Gasteiger partial charge in [-0.1, -0.05) is 41.6 Å². The second kappa shape index (κ2) is 6.62. The largest absolute Gasteiger partial charge is 0.497 e. The standard InChI is InChI=1S/C16H16N4OS/c1-12-3-7-14(8-4-12)20-16(17-18-19-20)22-11-13-5-9-15(21-2)10-6-13/h3-10H,11H2,1-2H3. The van der Waals surface area contributed by atoms with Crippen LogP contribution in [0.25, 0.3) is 5.69 Å². The van der Waals surface area contributed by atoms with Gasteiger partial charge in [-0.3, -0.25) is 0 Å². The predicted octanol–water partition coefficient (Wildman–Crippen LogP) is 3.27. The molecule has 1 heterocycles. The Balaban J connectivity index is 1.73. The molecule has 3 rings (SSSR count). The van der Waals surface area contributed by atoms with Crippen molar-refractivity contribution in [2.24, 2.45) is 0 Å². The van der Waals surface area contributed by atoms with Crippen LogP contribution in [0.1, 0.15) is 11.1 Å². The van der Waals surface area contributed by atoms with Crippen molar-refractivity contribution in [2.45, 2.75) is 17.8 Å². The highest BCUT2D eigenvalue weighted by Gasteiger charge is 2.09. The lowest BCUT2D eigenvalue weighted by atomic mass is 10.2. The number of aromatic nitrogens is 4. The number of aryl methyl sites for hydroxylation is 1. The number of tetrazole rings is 1. The van der Waals surface area contributed by atoms with Gasteiger partial charge < -0.3 is 4.74 Å². The summed E-state index contributed by atoms with van der Waals surface area (Å²) in [6, 6.07) is 16.1. The van der Waals surface area contributed by atoms with Crippen LogP contribution in [-0.2, 0) is 5.75 Å². The Hall–Kier alpha value is -2.34. The molecule has 112 valence electrons. The second-order valence-electron chi connectivity index (χ2n) is 4.85. The Labute approximate surface area is 133 Å². The molecule has 0 aliphatic carbocycles. The molecule has 5 nitrogen and oxygen atoms in total. The molecule has 0 atom stereocenters. The summed E-state index contributed by atoms with van der Waals surface area (Å²) < 4.78 is 6.92. The van der Waals surface area contributed by atoms with Crippen LogP contribution < -0.4 is 4.74 Å². The lowest BCUT2D eigenvalue weighted by Gasteiger charge is -2.05. The minimum absolute atomic E-state index is 0.777. The Morgan fingerprint density at radius 3 is 2.45 bits per heavy atom. The van der Waals surface area contributed by atoms with Crippen LogP contribution in [-0.4, -0.2) is 27.3 Å². The quantitative estimate of drug-likeness (QED) is 0.677. The first kappa shape index (κ1) is 14.6. The maximum Gasteiger partial charge on any atom is 0.214 e. The van der Waals surface area contributed by atoms with E-state index in [-0.39, 0.29) is 0 Å². The summed E-state index contributed by atoms with van der Waals surface area (Å²) in [6.45, 7) is 2.06. The number of rotatable bonds is 5. The fraction of sp³-hybridized carbons (Fsp3) is 0.188. The topological polar surface area (TPSA) is 52.8 Å². The number of hydrogen-bond acceptors (Lipinski definition) is 5. The van der Waals surface area contributed by atoms with Crippen molar-refractivity contribution in [3.63, 3.8) is 0 Å². The molecule has 2 aromatic carbocycles. The first-order chi connectivity index (χ1) is 10.8. The molecular weight excluding hydrogens is 296 g/mol. The van der Waals surface area contributed by atoms with Gasteiger partial charge in [-0.15, -0.1) is 5.10 Å². The molecule has 0 radical (unpaired) electrons. The molecular formula is C16H16N4OS. The molecule has 0 aliphatic rings. The van der Waals surface area contributed by atoms with E-state index in [1.165, 1.54) is 11.1 Å². The highest BCUT2D eigenvalue weighted by Crippen LogP contribution is 2.23. The molecule has 0 fully saturated rings. The van der Waals surface area contributed by atoms with Gasteiger partial charge in [-0.25, -0.2) is 0 Å². The average Bonchev–Trinajstić information content (AvgIpc) is 3.02. The van der Waals surface area contributed by atoms with Gasteiger partial charge in [0.15, 0.2) is 0 Å². The number of nitrogens with zero attached hydrogens (tertiary/aromatic N) is 4. The molecule has 0 aliphatic heterocycles. The van der Waals surface area contributed by atoms with Gasteiger partial charge in [0.05, 0.1) is 12.8 Å². The third kappa shape index (κ3) is 3.28. The summed E-state index contributed by atoms with van der Waals surface area (Å²) >= 11 is 1.61. The van der Waals surface area contributed by atoms with Crippen molar-refractivity contribution in [1.82, 2.24) is 20.2 Å². The minimum atomic E-state index is 0.777. The Bertz CT molecular complexity index is 738. The summed E-state index contributed by atoms with van der Waals surface area (Å²) in [5.41, 5.74) is 3.38. The Kier molecular flexibility index (Phi) is 4.39. The fourth-order valence-electron chi connectivity index (χ4n) is 1.99. The van der Waals surface area contributed by atoms with Crippen molar-refractivity contribution in [3.8, 4) is 11.4 Å². The lowest BCUT2D eigenvalue weighted by molar-refractivity contribution is 0.414. The zero-order chi connectivity index (χ0) is 15.4. The van der Waals surface area contributed by atoms with E-state index < -0.39 is 0 Å². The van der Waals surface area contributed by atoms with Gasteiger partial charge in [-0.2, -0.15) is 4.68 Å². The van der Waals surface area contributed by atoms with Crippen molar-refractivity contribution in [1.29, 1.82) is 0 Å². The lowest BCUT2D eigenvalue weighted by Crippen LogP contribution is -1.99. The molecule has 0 spiro atoms. The molecule has 0 saturated carbocycles. The average molecular weight is 312 g/mol. The van der Waals surface area contributed by atoms with E-state index in [4.69, 9.17) is 4.74 Å². The van der Waals surface area contributed by atoms with E-state index in [0.717, 1.165) is 22.3 Å². The maximum absolute atomic E-state index is 5.16. The van der Waals surface area contributed by atoms with Crippen LogP contribution in [0.3, 0.4) is 0 Å². The van der Waals surface area contributed by atoms with E-state index in [0.29, 0.717) is 0 Å². The minimum Gasteiger partial charge on any atom is -0.497 e. The fourth-order valence-corrected chi connectivity index (χ4v) is 2.83. The van der Waals surface area contributed by atoms with E-state index >= 15 is 0 Å². The third-order valence-electron chi connectivity index (χ3n) is 3.25. The molecule has 0 bridgehead atoms. The maximum atomic E-state index is 5.16. The third-order valence-corrected chi connectivity index (χ3v) is 4.24. The summed E-state index contributed by atoms with van der Waals surface area (Å²) in [7, 11) is 1.67. The van der Waals surface area contributed by atoms with Crippen LogP contribution in [0.4, 0.5) is 0 Å². The first-order valence-corrected chi connectivity index (χ1v) is 7.86. The number of thioether (sulfide) groups is 1. The molecule has 0 unspecified atom stereocenters. The van der Waals surface area contributed by atoms with Crippen LogP contribution in [0.2, 0.25) is 0 Å². The van der Waals surface area contributed by atoms with Crippen LogP contribution in [0, 0.1) is 6.92 Å². The monoisotopic (exact) mass is 312 g/mol. The summed E-state index contributed by atoms with van der Waals surface area (Å²) in [5, 5.41) is 12.7. The number of methoxy groups -OCH3 is 1.